The largest absolute Gasteiger partial charge is 0.494 e. The molecule has 0 heterocycles. The molecule has 0 aliphatic heterocycles. The Balaban J connectivity index is 1.78. The molecule has 0 atom stereocenters. The highest BCUT2D eigenvalue weighted by molar-refractivity contribution is 5.89. The Morgan fingerprint density at radius 2 is 1.36 bits per heavy atom. The highest BCUT2D eigenvalue weighted by Gasteiger charge is 2.16. The number of hydrogen-bond donors (Lipinski definition) is 0. The quantitative estimate of drug-likeness (QED) is 0.483. The van der Waals surface area contributed by atoms with Crippen LogP contribution < -0.4 is 4.74 Å². The van der Waals surface area contributed by atoms with Crippen LogP contribution in [0.5, 0.6) is 5.75 Å². The van der Waals surface area contributed by atoms with Crippen LogP contribution in [0.3, 0.4) is 0 Å². The van der Waals surface area contributed by atoms with Crippen molar-refractivity contribution < 1.29 is 19.3 Å². The zero-order chi connectivity index (χ0) is 17.7. The van der Waals surface area contributed by atoms with E-state index in [4.69, 9.17) is 14.5 Å². The van der Waals surface area contributed by atoms with Crippen molar-refractivity contribution in [1.82, 2.24) is 0 Å². The summed E-state index contributed by atoms with van der Waals surface area (Å²) in [4.78, 5) is 22.6. The highest BCUT2D eigenvalue weighted by Crippen LogP contribution is 2.24. The van der Waals surface area contributed by atoms with Crippen LogP contribution >= 0.6 is 0 Å². The van der Waals surface area contributed by atoms with E-state index in [-0.39, 0.29) is 0 Å². The Morgan fingerprint density at radius 3 is 1.88 bits per heavy atom. The molecule has 1 radical (unpaired) electrons. The second-order valence-electron chi connectivity index (χ2n) is 6.63. The lowest BCUT2D eigenvalue weighted by atomic mass is 9.99. The lowest BCUT2D eigenvalue weighted by molar-refractivity contribution is -0.237. The van der Waals surface area contributed by atoms with Crippen LogP contribution in [0.4, 0.5) is 0 Å². The minimum absolute atomic E-state index is 0.457. The third-order valence-electron chi connectivity index (χ3n) is 4.55. The molecule has 1 aliphatic rings. The standard InChI is InChI=1S/C21H31O4/c1-2-23-19-16-14-18(15-17-19)21(22)25-24-20-12-10-8-6-4-3-5-7-9-11-13-20/h14-17H,2-13H2,1H3. The molecule has 0 aromatic heterocycles. The zero-order valence-electron chi connectivity index (χ0n) is 15.4. The van der Waals surface area contributed by atoms with Gasteiger partial charge in [0.2, 0.25) is 0 Å². The average Bonchev–Trinajstić information content (AvgIpc) is 2.62. The second kappa shape index (κ2) is 11.9. The zero-order valence-corrected chi connectivity index (χ0v) is 15.4. The fourth-order valence-corrected chi connectivity index (χ4v) is 3.09. The van der Waals surface area contributed by atoms with Crippen LogP contribution in [0, 0.1) is 6.10 Å². The molecule has 25 heavy (non-hydrogen) atoms. The number of carbonyl (C=O) groups is 1. The fourth-order valence-electron chi connectivity index (χ4n) is 3.09. The molecule has 0 bridgehead atoms. The normalized spacial score (nSPS) is 18.0. The lowest BCUT2D eigenvalue weighted by Gasteiger charge is -2.16. The maximum atomic E-state index is 12.1. The van der Waals surface area contributed by atoms with E-state index in [1.54, 1.807) is 24.3 Å². The van der Waals surface area contributed by atoms with Crippen LogP contribution in [0.25, 0.3) is 0 Å². The monoisotopic (exact) mass is 347 g/mol. The first kappa shape index (κ1) is 19.8. The van der Waals surface area contributed by atoms with Crippen molar-refractivity contribution in [1.29, 1.82) is 0 Å². The van der Waals surface area contributed by atoms with Gasteiger partial charge in [0.25, 0.3) is 0 Å². The summed E-state index contributed by atoms with van der Waals surface area (Å²) in [6.45, 7) is 2.53. The minimum Gasteiger partial charge on any atom is -0.494 e. The molecule has 0 unspecified atom stereocenters. The van der Waals surface area contributed by atoms with Crippen LogP contribution in [0.15, 0.2) is 24.3 Å². The highest BCUT2D eigenvalue weighted by atomic mass is 17.2. The van der Waals surface area contributed by atoms with E-state index < -0.39 is 5.97 Å². The van der Waals surface area contributed by atoms with Crippen molar-refractivity contribution in [3.8, 4) is 5.75 Å². The van der Waals surface area contributed by atoms with E-state index >= 15 is 0 Å². The number of benzene rings is 1. The number of hydrogen-bond acceptors (Lipinski definition) is 4. The van der Waals surface area contributed by atoms with Gasteiger partial charge in [0, 0.05) is 0 Å². The number of carbonyl (C=O) groups excluding carboxylic acids is 1. The Labute approximate surface area is 151 Å². The molecule has 4 nitrogen and oxygen atoms in total. The van der Waals surface area contributed by atoms with Gasteiger partial charge in [0.1, 0.15) is 11.9 Å². The predicted molar refractivity (Wildman–Crippen MR) is 98.1 cm³/mol. The first-order valence-electron chi connectivity index (χ1n) is 9.76. The maximum Gasteiger partial charge on any atom is 0.373 e. The van der Waals surface area contributed by atoms with E-state index in [1.165, 1.54) is 44.9 Å². The van der Waals surface area contributed by atoms with E-state index in [1.807, 2.05) is 6.92 Å². The maximum absolute atomic E-state index is 12.1. The fraction of sp³-hybridized carbons (Fsp3) is 0.619. The summed E-state index contributed by atoms with van der Waals surface area (Å²) in [5.41, 5.74) is 0.470. The summed E-state index contributed by atoms with van der Waals surface area (Å²) in [6, 6.07) is 6.93. The Bertz CT molecular complexity index is 471. The minimum atomic E-state index is -0.457. The predicted octanol–water partition coefficient (Wildman–Crippen LogP) is 6.01. The molecule has 1 aromatic carbocycles. The summed E-state index contributed by atoms with van der Waals surface area (Å²) in [5.74, 6) is 0.287. The number of rotatable bonds is 5. The van der Waals surface area contributed by atoms with Crippen LogP contribution in [-0.4, -0.2) is 12.6 Å². The Kier molecular flexibility index (Phi) is 9.42. The molecular formula is C21H31O4. The van der Waals surface area contributed by atoms with Crippen LogP contribution in [0.1, 0.15) is 87.9 Å². The summed E-state index contributed by atoms with van der Waals surface area (Å²) >= 11 is 0. The third-order valence-corrected chi connectivity index (χ3v) is 4.55. The Hall–Kier alpha value is -1.55. The molecule has 139 valence electrons. The first-order chi connectivity index (χ1) is 12.3. The molecular weight excluding hydrogens is 316 g/mol. The van der Waals surface area contributed by atoms with Crippen molar-refractivity contribution in [2.75, 3.05) is 6.61 Å². The SMILES string of the molecule is CCOc1ccc(C(=O)OO[C]2CCCCCCCCCCC2)cc1. The molecule has 0 spiro atoms. The van der Waals surface area contributed by atoms with Gasteiger partial charge in [-0.25, -0.2) is 4.79 Å². The first-order valence-corrected chi connectivity index (χ1v) is 9.76. The van der Waals surface area contributed by atoms with Crippen molar-refractivity contribution >= 4 is 5.97 Å². The topological polar surface area (TPSA) is 44.8 Å². The average molecular weight is 347 g/mol. The molecule has 2 rings (SSSR count). The van der Waals surface area contributed by atoms with E-state index in [9.17, 15) is 4.79 Å². The van der Waals surface area contributed by atoms with Gasteiger partial charge in [-0.2, -0.15) is 4.89 Å². The molecule has 0 N–H and O–H groups in total. The van der Waals surface area contributed by atoms with E-state index in [2.05, 4.69) is 0 Å². The molecule has 1 aliphatic carbocycles. The van der Waals surface area contributed by atoms with Gasteiger partial charge in [-0.1, -0.05) is 57.8 Å². The summed E-state index contributed by atoms with van der Waals surface area (Å²) in [7, 11) is 0. The van der Waals surface area contributed by atoms with Gasteiger partial charge in [0.15, 0.2) is 0 Å². The third kappa shape index (κ3) is 7.91. The number of ether oxygens (including phenoxy) is 1. The van der Waals surface area contributed by atoms with Gasteiger partial charge in [-0.3, -0.25) is 4.89 Å². The van der Waals surface area contributed by atoms with Crippen molar-refractivity contribution in [2.24, 2.45) is 0 Å². The van der Waals surface area contributed by atoms with Gasteiger partial charge in [0.05, 0.1) is 12.2 Å². The van der Waals surface area contributed by atoms with Crippen LogP contribution in [-0.2, 0) is 9.78 Å². The summed E-state index contributed by atoms with van der Waals surface area (Å²) < 4.78 is 5.38. The molecule has 1 saturated carbocycles. The van der Waals surface area contributed by atoms with Gasteiger partial charge in [-0.05, 0) is 44.0 Å². The molecule has 1 fully saturated rings. The Morgan fingerprint density at radius 1 is 0.840 bits per heavy atom. The van der Waals surface area contributed by atoms with E-state index in [0.717, 1.165) is 37.5 Å². The summed E-state index contributed by atoms with van der Waals surface area (Å²) in [6.07, 6.45) is 14.0. The van der Waals surface area contributed by atoms with Crippen molar-refractivity contribution in [3.63, 3.8) is 0 Å². The molecule has 4 heteroatoms. The van der Waals surface area contributed by atoms with E-state index in [0.29, 0.717) is 12.2 Å². The molecule has 0 amide bonds. The van der Waals surface area contributed by atoms with Gasteiger partial charge in [-0.15, -0.1) is 0 Å². The van der Waals surface area contributed by atoms with Crippen LogP contribution in [0.2, 0.25) is 0 Å². The molecule has 1 aromatic rings. The van der Waals surface area contributed by atoms with Gasteiger partial charge >= 0.3 is 5.97 Å². The van der Waals surface area contributed by atoms with Crippen molar-refractivity contribution in [3.05, 3.63) is 35.9 Å². The van der Waals surface area contributed by atoms with Crippen molar-refractivity contribution in [2.45, 2.75) is 77.6 Å². The second-order valence-corrected chi connectivity index (χ2v) is 6.63. The van der Waals surface area contributed by atoms with Gasteiger partial charge < -0.3 is 4.74 Å². The lowest BCUT2D eigenvalue weighted by Crippen LogP contribution is -2.11. The summed E-state index contributed by atoms with van der Waals surface area (Å²) in [5, 5.41) is 0. The smallest absolute Gasteiger partial charge is 0.373 e. The molecule has 0 saturated heterocycles.